The zero-order valence-corrected chi connectivity index (χ0v) is 13.0. The molecule has 0 aromatic heterocycles. The molecule has 0 bridgehead atoms. The topological polar surface area (TPSA) is 109 Å². The first-order chi connectivity index (χ1) is 9.70. The number of aryl methyl sites for hydroxylation is 1. The van der Waals surface area contributed by atoms with Crippen LogP contribution in [-0.2, 0) is 24.7 Å². The van der Waals surface area contributed by atoms with Crippen molar-refractivity contribution in [3.05, 3.63) is 29.8 Å². The largest absolute Gasteiger partial charge is 0.277 e. The Morgan fingerprint density at radius 1 is 1.33 bits per heavy atom. The van der Waals surface area contributed by atoms with E-state index in [0.29, 0.717) is 0 Å². The van der Waals surface area contributed by atoms with Crippen LogP contribution in [0.15, 0.2) is 29.2 Å². The van der Waals surface area contributed by atoms with Crippen LogP contribution in [0.5, 0.6) is 0 Å². The van der Waals surface area contributed by atoms with E-state index in [9.17, 15) is 21.6 Å². The van der Waals surface area contributed by atoms with Crippen LogP contribution in [0.4, 0.5) is 0 Å². The third kappa shape index (κ3) is 4.02. The van der Waals surface area contributed by atoms with E-state index in [0.717, 1.165) is 5.56 Å². The predicted octanol–water partition coefficient (Wildman–Crippen LogP) is -0.261. The highest BCUT2D eigenvalue weighted by Gasteiger charge is 2.33. The summed E-state index contributed by atoms with van der Waals surface area (Å²) in [5.41, 5.74) is 2.85. The second kappa shape index (κ2) is 5.74. The second-order valence-corrected chi connectivity index (χ2v) is 8.92. The molecule has 0 saturated carbocycles. The first kappa shape index (κ1) is 15.9. The molecule has 7 nitrogen and oxygen atoms in total. The summed E-state index contributed by atoms with van der Waals surface area (Å²) in [7, 11) is -7.06. The maximum absolute atomic E-state index is 12.0. The fourth-order valence-corrected chi connectivity index (χ4v) is 4.76. The van der Waals surface area contributed by atoms with Crippen molar-refractivity contribution in [2.75, 3.05) is 11.5 Å². The summed E-state index contributed by atoms with van der Waals surface area (Å²) in [4.78, 5) is 13.8. The summed E-state index contributed by atoms with van der Waals surface area (Å²) < 4.78 is 46.5. The molecule has 1 aliphatic heterocycles. The van der Waals surface area contributed by atoms with E-state index in [2.05, 4.69) is 5.43 Å². The lowest BCUT2D eigenvalue weighted by Gasteiger charge is -2.11. The summed E-state index contributed by atoms with van der Waals surface area (Å²) in [6.45, 7) is 1.75. The Balaban J connectivity index is 2.01. The van der Waals surface area contributed by atoms with Gasteiger partial charge in [-0.2, -0.15) is 0 Å². The van der Waals surface area contributed by atoms with Gasteiger partial charge >= 0.3 is 0 Å². The Bertz CT molecular complexity index is 756. The van der Waals surface area contributed by atoms with Crippen molar-refractivity contribution in [1.29, 1.82) is 0 Å². The molecule has 116 valence electrons. The molecule has 0 radical (unpaired) electrons. The van der Waals surface area contributed by atoms with Gasteiger partial charge in [-0.1, -0.05) is 12.1 Å². The molecule has 1 aliphatic rings. The molecule has 1 heterocycles. The van der Waals surface area contributed by atoms with Crippen LogP contribution in [0.2, 0.25) is 0 Å². The molecule has 9 heteroatoms. The average molecular weight is 332 g/mol. The monoisotopic (exact) mass is 332 g/mol. The number of sulfonamides is 1. The van der Waals surface area contributed by atoms with Gasteiger partial charge in [-0.3, -0.25) is 10.2 Å². The van der Waals surface area contributed by atoms with Gasteiger partial charge in [0.15, 0.2) is 9.84 Å². The molecular formula is C12H16N2O5S2. The molecule has 21 heavy (non-hydrogen) atoms. The molecule has 0 spiro atoms. The number of amides is 1. The molecule has 2 rings (SSSR count). The summed E-state index contributed by atoms with van der Waals surface area (Å²) in [5, 5.41) is 0. The van der Waals surface area contributed by atoms with Crippen molar-refractivity contribution in [3.8, 4) is 0 Å². The molecule has 2 N–H and O–H groups in total. The number of hydrogen-bond acceptors (Lipinski definition) is 5. The summed E-state index contributed by atoms with van der Waals surface area (Å²) >= 11 is 0. The maximum Gasteiger partial charge on any atom is 0.257 e. The number of carbonyl (C=O) groups excluding carboxylic acids is 1. The van der Waals surface area contributed by atoms with E-state index in [1.165, 1.54) is 12.1 Å². The Kier molecular flexibility index (Phi) is 4.35. The molecule has 1 aromatic rings. The van der Waals surface area contributed by atoms with Crippen LogP contribution in [0.1, 0.15) is 12.0 Å². The third-order valence-electron chi connectivity index (χ3n) is 3.21. The SMILES string of the molecule is Cc1cccc(S(=O)(=O)NNC(=O)C2CCS(=O)(=O)C2)c1. The molecule has 1 saturated heterocycles. The normalized spacial score (nSPS) is 21.1. The summed E-state index contributed by atoms with van der Waals surface area (Å²) in [6.07, 6.45) is 0.209. The smallest absolute Gasteiger partial charge is 0.257 e. The van der Waals surface area contributed by atoms with E-state index in [1.54, 1.807) is 19.1 Å². The number of carbonyl (C=O) groups is 1. The second-order valence-electron chi connectivity index (χ2n) is 5.01. The van der Waals surface area contributed by atoms with E-state index in [1.807, 2.05) is 4.83 Å². The number of benzene rings is 1. The van der Waals surface area contributed by atoms with Gasteiger partial charge in [0.25, 0.3) is 10.0 Å². The van der Waals surface area contributed by atoms with E-state index >= 15 is 0 Å². The van der Waals surface area contributed by atoms with E-state index in [4.69, 9.17) is 0 Å². The molecule has 1 atom stereocenters. The van der Waals surface area contributed by atoms with Gasteiger partial charge in [0.1, 0.15) is 0 Å². The highest BCUT2D eigenvalue weighted by molar-refractivity contribution is 7.91. The Labute approximate surface area is 123 Å². The summed E-state index contributed by atoms with van der Waals surface area (Å²) in [6, 6.07) is 6.21. The molecule has 1 amide bonds. The Morgan fingerprint density at radius 2 is 2.05 bits per heavy atom. The van der Waals surface area contributed by atoms with Crippen LogP contribution in [0.25, 0.3) is 0 Å². The number of hydrazine groups is 1. The van der Waals surface area contributed by atoms with Crippen LogP contribution in [0, 0.1) is 12.8 Å². The van der Waals surface area contributed by atoms with Crippen molar-refractivity contribution >= 4 is 25.8 Å². The van der Waals surface area contributed by atoms with E-state index < -0.39 is 31.7 Å². The van der Waals surface area contributed by atoms with Gasteiger partial charge in [0.05, 0.1) is 22.3 Å². The standard InChI is InChI=1S/C12H16N2O5S2/c1-9-3-2-4-11(7-9)21(18,19)14-13-12(15)10-5-6-20(16,17)8-10/h2-4,7,10,14H,5-6,8H2,1H3,(H,13,15). The average Bonchev–Trinajstić information content (AvgIpc) is 2.76. The molecule has 1 aromatic carbocycles. The first-order valence-corrected chi connectivity index (χ1v) is 9.59. The van der Waals surface area contributed by atoms with Gasteiger partial charge in [-0.05, 0) is 31.0 Å². The van der Waals surface area contributed by atoms with Crippen molar-refractivity contribution in [2.45, 2.75) is 18.2 Å². The summed E-state index contributed by atoms with van der Waals surface area (Å²) in [5.74, 6) is -1.64. The highest BCUT2D eigenvalue weighted by atomic mass is 32.2. The van der Waals surface area contributed by atoms with Crippen LogP contribution < -0.4 is 10.3 Å². The maximum atomic E-state index is 12.0. The van der Waals surface area contributed by atoms with Gasteiger partial charge < -0.3 is 0 Å². The van der Waals surface area contributed by atoms with Gasteiger partial charge in [0.2, 0.25) is 5.91 Å². The van der Waals surface area contributed by atoms with Crippen LogP contribution >= 0.6 is 0 Å². The lowest BCUT2D eigenvalue weighted by molar-refractivity contribution is -0.124. The number of nitrogens with one attached hydrogen (secondary N) is 2. The zero-order valence-electron chi connectivity index (χ0n) is 11.4. The fourth-order valence-electron chi connectivity index (χ4n) is 2.06. The first-order valence-electron chi connectivity index (χ1n) is 6.28. The van der Waals surface area contributed by atoms with Crippen LogP contribution in [-0.4, -0.2) is 34.2 Å². The van der Waals surface area contributed by atoms with Crippen LogP contribution in [0.3, 0.4) is 0 Å². The van der Waals surface area contributed by atoms with Gasteiger partial charge in [-0.15, -0.1) is 4.83 Å². The minimum Gasteiger partial charge on any atom is -0.277 e. The van der Waals surface area contributed by atoms with Crippen molar-refractivity contribution in [2.24, 2.45) is 5.92 Å². The van der Waals surface area contributed by atoms with Crippen molar-refractivity contribution in [3.63, 3.8) is 0 Å². The Hall–Kier alpha value is -1.45. The van der Waals surface area contributed by atoms with Crippen molar-refractivity contribution in [1.82, 2.24) is 10.3 Å². The molecule has 1 fully saturated rings. The van der Waals surface area contributed by atoms with Gasteiger partial charge in [0, 0.05) is 0 Å². The third-order valence-corrected chi connectivity index (χ3v) is 6.22. The lowest BCUT2D eigenvalue weighted by atomic mass is 10.1. The molecule has 0 aliphatic carbocycles. The Morgan fingerprint density at radius 3 is 2.62 bits per heavy atom. The number of rotatable bonds is 4. The zero-order chi connectivity index (χ0) is 15.7. The number of sulfone groups is 1. The van der Waals surface area contributed by atoms with E-state index in [-0.39, 0.29) is 22.8 Å². The highest BCUT2D eigenvalue weighted by Crippen LogP contribution is 2.18. The lowest BCUT2D eigenvalue weighted by Crippen LogP contribution is -2.44. The quantitative estimate of drug-likeness (QED) is 0.738. The fraction of sp³-hybridized carbons (Fsp3) is 0.417. The number of hydrogen-bond donors (Lipinski definition) is 2. The minimum absolute atomic E-state index is 0.0295. The van der Waals surface area contributed by atoms with Gasteiger partial charge in [-0.25, -0.2) is 16.8 Å². The predicted molar refractivity (Wildman–Crippen MR) is 76.4 cm³/mol. The molecule has 1 unspecified atom stereocenters. The minimum atomic E-state index is -3.87. The van der Waals surface area contributed by atoms with Crippen molar-refractivity contribution < 1.29 is 21.6 Å². The molecular weight excluding hydrogens is 316 g/mol.